The summed E-state index contributed by atoms with van der Waals surface area (Å²) in [6.07, 6.45) is 5.12. The van der Waals surface area contributed by atoms with Crippen molar-refractivity contribution in [2.45, 2.75) is 39.7 Å². The molecule has 0 spiro atoms. The molecule has 1 unspecified atom stereocenters. The number of ether oxygens (including phenoxy) is 2. The highest BCUT2D eigenvalue weighted by atomic mass is 16.6. The average molecular weight is 214 g/mol. The number of hydrogen-bond donors (Lipinski definition) is 0. The summed E-state index contributed by atoms with van der Waals surface area (Å²) < 4.78 is 9.71. The summed E-state index contributed by atoms with van der Waals surface area (Å²) in [7, 11) is 0. The van der Waals surface area contributed by atoms with Gasteiger partial charge in [0.2, 0.25) is 0 Å². The van der Waals surface area contributed by atoms with Gasteiger partial charge in [-0.2, -0.15) is 0 Å². The van der Waals surface area contributed by atoms with Crippen molar-refractivity contribution in [1.82, 2.24) is 0 Å². The van der Waals surface area contributed by atoms with E-state index in [9.17, 15) is 9.59 Å². The lowest BCUT2D eigenvalue weighted by Crippen LogP contribution is -2.21. The molecule has 0 bridgehead atoms. The van der Waals surface area contributed by atoms with Crippen molar-refractivity contribution in [2.24, 2.45) is 0 Å². The maximum atomic E-state index is 10.7. The molecule has 0 aliphatic carbocycles. The molecule has 15 heavy (non-hydrogen) atoms. The zero-order valence-electron chi connectivity index (χ0n) is 9.49. The number of esters is 2. The lowest BCUT2D eigenvalue weighted by molar-refractivity contribution is -0.153. The molecule has 0 aromatic heterocycles. The molecule has 0 aromatic rings. The van der Waals surface area contributed by atoms with Gasteiger partial charge in [-0.25, -0.2) is 0 Å². The Bertz CT molecular complexity index is 233. The van der Waals surface area contributed by atoms with E-state index >= 15 is 0 Å². The van der Waals surface area contributed by atoms with Gasteiger partial charge in [0.1, 0.15) is 6.61 Å². The molecule has 4 heteroatoms. The van der Waals surface area contributed by atoms with Gasteiger partial charge in [-0.15, -0.1) is 0 Å². The van der Waals surface area contributed by atoms with Gasteiger partial charge in [-0.05, 0) is 12.5 Å². The Kier molecular flexibility index (Phi) is 7.32. The fourth-order valence-corrected chi connectivity index (χ4v) is 0.956. The van der Waals surface area contributed by atoms with E-state index in [-0.39, 0.29) is 18.5 Å². The number of hydrogen-bond acceptors (Lipinski definition) is 4. The molecule has 0 N–H and O–H groups in total. The predicted octanol–water partition coefficient (Wildman–Crippen LogP) is 1.84. The van der Waals surface area contributed by atoms with E-state index in [4.69, 9.17) is 9.47 Å². The van der Waals surface area contributed by atoms with Gasteiger partial charge < -0.3 is 9.47 Å². The van der Waals surface area contributed by atoms with Crippen LogP contribution in [-0.4, -0.2) is 24.6 Å². The fourth-order valence-electron chi connectivity index (χ4n) is 0.956. The number of unbranched alkanes of at least 4 members (excludes halogenated alkanes) is 1. The van der Waals surface area contributed by atoms with Gasteiger partial charge in [-0.3, -0.25) is 9.59 Å². The SMILES string of the molecule is CCC/C=C\C(COC(C)=O)OC(C)=O. The maximum absolute atomic E-state index is 10.7. The van der Waals surface area contributed by atoms with Gasteiger partial charge in [0.15, 0.2) is 6.10 Å². The van der Waals surface area contributed by atoms with E-state index in [1.165, 1.54) is 13.8 Å². The first kappa shape index (κ1) is 13.7. The van der Waals surface area contributed by atoms with Crippen LogP contribution in [0.5, 0.6) is 0 Å². The van der Waals surface area contributed by atoms with Crippen molar-refractivity contribution < 1.29 is 19.1 Å². The third-order valence-corrected chi connectivity index (χ3v) is 1.57. The predicted molar refractivity (Wildman–Crippen MR) is 56.2 cm³/mol. The van der Waals surface area contributed by atoms with E-state index in [1.807, 2.05) is 6.08 Å². The van der Waals surface area contributed by atoms with E-state index in [2.05, 4.69) is 6.92 Å². The van der Waals surface area contributed by atoms with Crippen LogP contribution in [0.2, 0.25) is 0 Å². The molecule has 0 rings (SSSR count). The second-order valence-corrected chi connectivity index (χ2v) is 3.17. The largest absolute Gasteiger partial charge is 0.462 e. The van der Waals surface area contributed by atoms with Crippen LogP contribution in [0, 0.1) is 0 Å². The Morgan fingerprint density at radius 2 is 1.93 bits per heavy atom. The van der Waals surface area contributed by atoms with Crippen LogP contribution in [0.1, 0.15) is 33.6 Å². The summed E-state index contributed by atoms with van der Waals surface area (Å²) >= 11 is 0. The molecule has 0 radical (unpaired) electrons. The molecule has 4 nitrogen and oxygen atoms in total. The van der Waals surface area contributed by atoms with Crippen LogP contribution in [0.25, 0.3) is 0 Å². The van der Waals surface area contributed by atoms with Crippen LogP contribution < -0.4 is 0 Å². The van der Waals surface area contributed by atoms with Crippen LogP contribution in [0.3, 0.4) is 0 Å². The number of carbonyl (C=O) groups excluding carboxylic acids is 2. The summed E-state index contributed by atoms with van der Waals surface area (Å²) in [6.45, 7) is 4.78. The maximum Gasteiger partial charge on any atom is 0.303 e. The van der Waals surface area contributed by atoms with Gasteiger partial charge in [0.05, 0.1) is 0 Å². The Morgan fingerprint density at radius 3 is 2.40 bits per heavy atom. The van der Waals surface area contributed by atoms with E-state index in [0.29, 0.717) is 0 Å². The first-order valence-corrected chi connectivity index (χ1v) is 5.03. The second kappa shape index (κ2) is 8.03. The summed E-state index contributed by atoms with van der Waals surface area (Å²) in [4.78, 5) is 21.3. The van der Waals surface area contributed by atoms with Crippen LogP contribution in [0.15, 0.2) is 12.2 Å². The highest BCUT2D eigenvalue weighted by Gasteiger charge is 2.09. The molecule has 0 saturated carbocycles. The van der Waals surface area contributed by atoms with E-state index in [1.54, 1.807) is 6.08 Å². The smallest absolute Gasteiger partial charge is 0.303 e. The van der Waals surface area contributed by atoms with E-state index < -0.39 is 6.10 Å². The molecule has 0 heterocycles. The Balaban J connectivity index is 4.05. The molecule has 86 valence electrons. The van der Waals surface area contributed by atoms with Crippen molar-refractivity contribution in [3.63, 3.8) is 0 Å². The van der Waals surface area contributed by atoms with Crippen molar-refractivity contribution >= 4 is 11.9 Å². The molecule has 0 aliphatic rings. The minimum Gasteiger partial charge on any atom is -0.462 e. The molecular weight excluding hydrogens is 196 g/mol. The van der Waals surface area contributed by atoms with Crippen molar-refractivity contribution in [3.8, 4) is 0 Å². The van der Waals surface area contributed by atoms with Crippen molar-refractivity contribution in [1.29, 1.82) is 0 Å². The number of allylic oxidation sites excluding steroid dienone is 1. The second-order valence-electron chi connectivity index (χ2n) is 3.17. The minimum atomic E-state index is -0.474. The van der Waals surface area contributed by atoms with Gasteiger partial charge in [0, 0.05) is 13.8 Å². The van der Waals surface area contributed by atoms with Crippen molar-refractivity contribution in [3.05, 3.63) is 12.2 Å². The summed E-state index contributed by atoms with van der Waals surface area (Å²) in [5.74, 6) is -0.760. The van der Waals surface area contributed by atoms with Crippen LogP contribution in [-0.2, 0) is 19.1 Å². The Labute approximate surface area is 90.2 Å². The highest BCUT2D eigenvalue weighted by Crippen LogP contribution is 1.99. The van der Waals surface area contributed by atoms with E-state index in [0.717, 1.165) is 12.8 Å². The minimum absolute atomic E-state index is 0.0785. The summed E-state index contributed by atoms with van der Waals surface area (Å²) in [5.41, 5.74) is 0. The standard InChI is InChI=1S/C11H18O4/c1-4-5-6-7-11(15-10(3)13)8-14-9(2)12/h6-7,11H,4-5,8H2,1-3H3/b7-6-. The topological polar surface area (TPSA) is 52.6 Å². The molecule has 0 aliphatic heterocycles. The van der Waals surface area contributed by atoms with Crippen LogP contribution in [0.4, 0.5) is 0 Å². The molecule has 0 aromatic carbocycles. The normalized spacial score (nSPS) is 12.5. The number of carbonyl (C=O) groups is 2. The lowest BCUT2D eigenvalue weighted by Gasteiger charge is -2.12. The van der Waals surface area contributed by atoms with Gasteiger partial charge in [-0.1, -0.05) is 19.4 Å². The first-order chi connectivity index (χ1) is 7.06. The Morgan fingerprint density at radius 1 is 1.27 bits per heavy atom. The summed E-state index contributed by atoms with van der Waals surface area (Å²) in [6, 6.07) is 0. The highest BCUT2D eigenvalue weighted by molar-refractivity contribution is 5.67. The van der Waals surface area contributed by atoms with Gasteiger partial charge >= 0.3 is 11.9 Å². The molecule has 0 fully saturated rings. The fraction of sp³-hybridized carbons (Fsp3) is 0.636. The zero-order valence-corrected chi connectivity index (χ0v) is 9.49. The molecular formula is C11H18O4. The lowest BCUT2D eigenvalue weighted by atomic mass is 10.2. The van der Waals surface area contributed by atoms with Gasteiger partial charge in [0.25, 0.3) is 0 Å². The average Bonchev–Trinajstić information content (AvgIpc) is 2.13. The molecule has 0 saturated heterocycles. The van der Waals surface area contributed by atoms with Crippen LogP contribution >= 0.6 is 0 Å². The third kappa shape index (κ3) is 9.00. The monoisotopic (exact) mass is 214 g/mol. The summed E-state index contributed by atoms with van der Waals surface area (Å²) in [5, 5.41) is 0. The zero-order chi connectivity index (χ0) is 11.7. The quantitative estimate of drug-likeness (QED) is 0.500. The number of rotatable bonds is 6. The third-order valence-electron chi connectivity index (χ3n) is 1.57. The Hall–Kier alpha value is -1.32. The molecule has 1 atom stereocenters. The van der Waals surface area contributed by atoms with Crippen molar-refractivity contribution in [2.75, 3.05) is 6.61 Å². The molecule has 0 amide bonds. The first-order valence-electron chi connectivity index (χ1n) is 5.03.